The van der Waals surface area contributed by atoms with Crippen molar-refractivity contribution in [1.82, 2.24) is 4.98 Å². The van der Waals surface area contributed by atoms with Crippen molar-refractivity contribution in [2.24, 2.45) is 0 Å². The maximum absolute atomic E-state index is 8.25. The lowest BCUT2D eigenvalue weighted by Crippen LogP contribution is -1.81. The highest BCUT2D eigenvalue weighted by Crippen LogP contribution is 2.19. The van der Waals surface area contributed by atoms with Crippen molar-refractivity contribution < 1.29 is 5.11 Å². The molecular weight excluding hydrogens is 166 g/mol. The lowest BCUT2D eigenvalue weighted by molar-refractivity contribution is -0.325. The summed E-state index contributed by atoms with van der Waals surface area (Å²) in [5.41, 5.74) is 0.291. The van der Waals surface area contributed by atoms with Gasteiger partial charge in [0.2, 0.25) is 10.5 Å². The van der Waals surface area contributed by atoms with Gasteiger partial charge in [0, 0.05) is 12.3 Å². The third-order valence-corrected chi connectivity index (χ3v) is 1.14. The molecular formula is C6H6ClN3O. The van der Waals surface area contributed by atoms with Gasteiger partial charge < -0.3 is 5.11 Å². The first-order chi connectivity index (χ1) is 5.34. The van der Waals surface area contributed by atoms with Crippen LogP contribution in [0.4, 0.5) is 5.69 Å². The quantitative estimate of drug-likeness (QED) is 0.435. The van der Waals surface area contributed by atoms with Gasteiger partial charge in [0.05, 0.1) is 0 Å². The topological polar surface area (TPSA) is 64.1 Å². The third kappa shape index (κ3) is 2.94. The Bertz CT molecular complexity index is 258. The summed E-state index contributed by atoms with van der Waals surface area (Å²) in [5.74, 6) is 0. The molecule has 1 heterocycles. The molecule has 0 aromatic carbocycles. The third-order valence-electron chi connectivity index (χ3n) is 0.847. The van der Waals surface area contributed by atoms with E-state index < -0.39 is 0 Å². The van der Waals surface area contributed by atoms with E-state index >= 15 is 0 Å². The van der Waals surface area contributed by atoms with Gasteiger partial charge in [-0.3, -0.25) is 0 Å². The number of halogens is 1. The van der Waals surface area contributed by atoms with E-state index in [0.29, 0.717) is 5.69 Å². The molecule has 0 saturated carbocycles. The standard InChI is InChI=1S/C5H3ClN3.CH3O/c6-5-4(9-7)2-1-3-8-5;1-2/h1-3H;1H3/q+1;-1. The summed E-state index contributed by atoms with van der Waals surface area (Å²) < 4.78 is 0. The van der Waals surface area contributed by atoms with Crippen LogP contribution in [0.1, 0.15) is 0 Å². The van der Waals surface area contributed by atoms with E-state index in [4.69, 9.17) is 22.1 Å². The van der Waals surface area contributed by atoms with E-state index in [1.807, 2.05) is 0 Å². The highest BCUT2D eigenvalue weighted by Gasteiger charge is 2.09. The van der Waals surface area contributed by atoms with E-state index in [9.17, 15) is 0 Å². The maximum Gasteiger partial charge on any atom is 0.421 e. The minimum absolute atomic E-state index is 0.208. The number of hydrogen-bond donors (Lipinski definition) is 0. The Morgan fingerprint density at radius 2 is 2.27 bits per heavy atom. The first-order valence-electron chi connectivity index (χ1n) is 2.71. The van der Waals surface area contributed by atoms with Gasteiger partial charge in [0.25, 0.3) is 0 Å². The second-order valence-corrected chi connectivity index (χ2v) is 1.77. The number of nitrogens with zero attached hydrogens (tertiary/aromatic N) is 3. The summed E-state index contributed by atoms with van der Waals surface area (Å²) in [7, 11) is 0.750. The van der Waals surface area contributed by atoms with Gasteiger partial charge in [-0.1, -0.05) is 11.6 Å². The smallest absolute Gasteiger partial charge is 0.421 e. The Labute approximate surface area is 69.1 Å². The lowest BCUT2D eigenvalue weighted by Gasteiger charge is -1.77. The highest BCUT2D eigenvalue weighted by molar-refractivity contribution is 6.31. The summed E-state index contributed by atoms with van der Waals surface area (Å²) >= 11 is 5.46. The summed E-state index contributed by atoms with van der Waals surface area (Å²) in [6.07, 6.45) is 1.52. The first kappa shape index (κ1) is 9.82. The highest BCUT2D eigenvalue weighted by atomic mass is 35.5. The summed E-state index contributed by atoms with van der Waals surface area (Å²) in [4.78, 5) is 6.54. The Morgan fingerprint density at radius 1 is 1.64 bits per heavy atom. The van der Waals surface area contributed by atoms with Gasteiger partial charge in [-0.05, 0) is 6.07 Å². The van der Waals surface area contributed by atoms with Crippen molar-refractivity contribution in [2.75, 3.05) is 7.11 Å². The van der Waals surface area contributed by atoms with Crippen molar-refractivity contribution in [3.05, 3.63) is 28.5 Å². The molecule has 0 radical (unpaired) electrons. The molecule has 0 aliphatic rings. The predicted molar refractivity (Wildman–Crippen MR) is 39.9 cm³/mol. The number of aromatic nitrogens is 1. The van der Waals surface area contributed by atoms with Crippen molar-refractivity contribution >= 4 is 17.3 Å². The number of pyridine rings is 1. The summed E-state index contributed by atoms with van der Waals surface area (Å²) in [6, 6.07) is 3.20. The molecule has 0 spiro atoms. The van der Waals surface area contributed by atoms with E-state index in [-0.39, 0.29) is 5.15 Å². The van der Waals surface area contributed by atoms with Gasteiger partial charge in [0.1, 0.15) is 0 Å². The zero-order valence-electron chi connectivity index (χ0n) is 5.86. The molecule has 1 aromatic rings. The Hall–Kier alpha value is -1.18. The van der Waals surface area contributed by atoms with Gasteiger partial charge in [-0.25, -0.2) is 4.98 Å². The van der Waals surface area contributed by atoms with Gasteiger partial charge in [0.15, 0.2) is 4.98 Å². The number of hydrogen-bond acceptors (Lipinski definition) is 3. The molecule has 0 aliphatic carbocycles. The molecule has 0 saturated heterocycles. The maximum atomic E-state index is 8.25. The van der Waals surface area contributed by atoms with Crippen LogP contribution in [-0.2, 0) is 0 Å². The fourth-order valence-corrected chi connectivity index (χ4v) is 0.609. The molecule has 0 N–H and O–H groups in total. The Balaban J connectivity index is 0.000000461. The van der Waals surface area contributed by atoms with E-state index in [0.717, 1.165) is 7.11 Å². The van der Waals surface area contributed by atoms with E-state index in [2.05, 4.69) is 9.96 Å². The van der Waals surface area contributed by atoms with Crippen LogP contribution in [0.3, 0.4) is 0 Å². The molecule has 1 rings (SSSR count). The van der Waals surface area contributed by atoms with E-state index in [1.54, 1.807) is 12.1 Å². The minimum atomic E-state index is 0.208. The van der Waals surface area contributed by atoms with Gasteiger partial charge in [-0.15, -0.1) is 0 Å². The van der Waals surface area contributed by atoms with Crippen molar-refractivity contribution in [2.45, 2.75) is 0 Å². The second kappa shape index (κ2) is 5.59. The molecule has 1 aromatic heterocycles. The molecule has 0 unspecified atom stereocenters. The van der Waals surface area contributed by atoms with Crippen LogP contribution in [0.15, 0.2) is 18.3 Å². The SMILES string of the molecule is C[O-].N#[N+]c1cccnc1Cl. The molecule has 0 amide bonds. The monoisotopic (exact) mass is 171 g/mol. The van der Waals surface area contributed by atoms with Crippen molar-refractivity contribution in [1.29, 1.82) is 5.39 Å². The Morgan fingerprint density at radius 3 is 2.64 bits per heavy atom. The van der Waals surface area contributed by atoms with Gasteiger partial charge in [-0.2, -0.15) is 7.11 Å². The molecule has 0 fully saturated rings. The zero-order chi connectivity index (χ0) is 8.69. The molecule has 0 atom stereocenters. The first-order valence-corrected chi connectivity index (χ1v) is 3.09. The van der Waals surface area contributed by atoms with Crippen LogP contribution < -0.4 is 5.11 Å². The fraction of sp³-hybridized carbons (Fsp3) is 0.167. The van der Waals surface area contributed by atoms with Crippen molar-refractivity contribution in [3.63, 3.8) is 0 Å². The van der Waals surface area contributed by atoms with Gasteiger partial charge >= 0.3 is 5.69 Å². The molecule has 5 heteroatoms. The molecule has 4 nitrogen and oxygen atoms in total. The molecule has 0 bridgehead atoms. The predicted octanol–water partition coefficient (Wildman–Crippen LogP) is 1.20. The number of diazo groups is 1. The van der Waals surface area contributed by atoms with Crippen LogP contribution >= 0.6 is 11.6 Å². The second-order valence-electron chi connectivity index (χ2n) is 1.41. The van der Waals surface area contributed by atoms with Crippen LogP contribution in [0.25, 0.3) is 4.98 Å². The lowest BCUT2D eigenvalue weighted by atomic mass is 10.4. The molecule has 0 aliphatic heterocycles. The van der Waals surface area contributed by atoms with Crippen LogP contribution in [0.5, 0.6) is 0 Å². The zero-order valence-corrected chi connectivity index (χ0v) is 6.62. The average Bonchev–Trinajstić information content (AvgIpc) is 2.09. The normalized spacial score (nSPS) is 7.45. The Kier molecular flexibility index (Phi) is 4.99. The summed E-state index contributed by atoms with van der Waals surface area (Å²) in [5, 5.41) is 16.7. The van der Waals surface area contributed by atoms with Crippen LogP contribution in [-0.4, -0.2) is 12.1 Å². The average molecular weight is 172 g/mol. The largest absolute Gasteiger partial charge is 0.857 e. The van der Waals surface area contributed by atoms with Crippen LogP contribution in [0.2, 0.25) is 5.15 Å². The number of rotatable bonds is 0. The van der Waals surface area contributed by atoms with Crippen LogP contribution in [0, 0.1) is 5.39 Å². The minimum Gasteiger partial charge on any atom is -0.857 e. The van der Waals surface area contributed by atoms with Crippen molar-refractivity contribution in [3.8, 4) is 0 Å². The summed E-state index contributed by atoms with van der Waals surface area (Å²) in [6.45, 7) is 0. The van der Waals surface area contributed by atoms with E-state index in [1.165, 1.54) is 6.20 Å². The molecule has 58 valence electrons. The fourth-order valence-electron chi connectivity index (χ4n) is 0.452. The molecule has 11 heavy (non-hydrogen) atoms.